The predicted molar refractivity (Wildman–Crippen MR) is 82.5 cm³/mol. The van der Waals surface area contributed by atoms with E-state index in [1.807, 2.05) is 12.1 Å². The lowest BCUT2D eigenvalue weighted by Gasteiger charge is -2.36. The number of nitrogens with one attached hydrogen (secondary N) is 2. The molecule has 0 bridgehead atoms. The van der Waals surface area contributed by atoms with Gasteiger partial charge >= 0.3 is 0 Å². The fourth-order valence-electron chi connectivity index (χ4n) is 3.30. The van der Waals surface area contributed by atoms with E-state index in [9.17, 15) is 9.59 Å². The average Bonchev–Trinajstić information content (AvgIpc) is 2.96. The van der Waals surface area contributed by atoms with Crippen LogP contribution in [0.15, 0.2) is 36.0 Å². The summed E-state index contributed by atoms with van der Waals surface area (Å²) in [4.78, 5) is 24.0. The molecule has 1 heterocycles. The van der Waals surface area contributed by atoms with Crippen LogP contribution in [0.1, 0.15) is 36.0 Å². The molecule has 0 spiro atoms. The van der Waals surface area contributed by atoms with Gasteiger partial charge in [0.05, 0.1) is 12.7 Å². The van der Waals surface area contributed by atoms with Crippen molar-refractivity contribution >= 4 is 11.8 Å². The number of fused-ring (bicyclic) bond motifs is 1. The molecule has 5 nitrogen and oxygen atoms in total. The summed E-state index contributed by atoms with van der Waals surface area (Å²) >= 11 is 0. The minimum absolute atomic E-state index is 0.0693. The number of hydrogen-bond donors (Lipinski definition) is 2. The second-order valence-electron chi connectivity index (χ2n) is 5.87. The van der Waals surface area contributed by atoms with Gasteiger partial charge in [-0.15, -0.1) is 0 Å². The maximum absolute atomic E-state index is 12.4. The van der Waals surface area contributed by atoms with E-state index in [1.165, 1.54) is 0 Å². The Hall–Kier alpha value is -2.30. The van der Waals surface area contributed by atoms with E-state index >= 15 is 0 Å². The van der Waals surface area contributed by atoms with Crippen LogP contribution in [0.5, 0.6) is 5.75 Å². The highest BCUT2D eigenvalue weighted by atomic mass is 16.5. The summed E-state index contributed by atoms with van der Waals surface area (Å²) < 4.78 is 5.23. The maximum atomic E-state index is 12.4. The smallest absolute Gasteiger partial charge is 0.255 e. The number of benzene rings is 1. The molecular formula is C17H20N2O3. The first kappa shape index (κ1) is 14.6. The molecule has 1 aromatic rings. The molecule has 2 amide bonds. The summed E-state index contributed by atoms with van der Waals surface area (Å²) in [7, 11) is 1.55. The highest BCUT2D eigenvalue weighted by Gasteiger charge is 2.41. The molecule has 1 unspecified atom stereocenters. The molecule has 1 fully saturated rings. The largest absolute Gasteiger partial charge is 0.496 e. The van der Waals surface area contributed by atoms with Crippen molar-refractivity contribution in [1.29, 1.82) is 0 Å². The minimum Gasteiger partial charge on any atom is -0.496 e. The van der Waals surface area contributed by atoms with E-state index in [-0.39, 0.29) is 17.2 Å². The Bertz CT molecular complexity index is 639. The molecule has 1 aliphatic heterocycles. The van der Waals surface area contributed by atoms with Gasteiger partial charge in [0, 0.05) is 24.1 Å². The van der Waals surface area contributed by atoms with E-state index in [4.69, 9.17) is 4.74 Å². The van der Waals surface area contributed by atoms with Gasteiger partial charge in [0.2, 0.25) is 5.91 Å². The number of para-hydroxylation sites is 1. The average molecular weight is 300 g/mol. The molecule has 2 aliphatic rings. The standard InChI is InChI=1S/C17H20N2O3/c1-22-13-6-3-2-5-12(13)16(21)18-11-17-9-4-7-14(17)19-15(20)8-10-17/h2-3,5-7H,4,8-11H2,1H3,(H,18,21)(H,19,20). The first-order chi connectivity index (χ1) is 10.6. The predicted octanol–water partition coefficient (Wildman–Crippen LogP) is 2.00. The first-order valence-corrected chi connectivity index (χ1v) is 7.56. The van der Waals surface area contributed by atoms with Crippen LogP contribution in [0.3, 0.4) is 0 Å². The number of carbonyl (C=O) groups is 2. The maximum Gasteiger partial charge on any atom is 0.255 e. The third-order valence-electron chi connectivity index (χ3n) is 4.59. The molecular weight excluding hydrogens is 280 g/mol. The number of hydrogen-bond acceptors (Lipinski definition) is 3. The summed E-state index contributed by atoms with van der Waals surface area (Å²) in [5.74, 6) is 0.492. The van der Waals surface area contributed by atoms with Crippen molar-refractivity contribution < 1.29 is 14.3 Å². The summed E-state index contributed by atoms with van der Waals surface area (Å²) in [6.07, 6.45) is 5.29. The number of methoxy groups -OCH3 is 1. The molecule has 0 radical (unpaired) electrons. The third-order valence-corrected chi connectivity index (χ3v) is 4.59. The monoisotopic (exact) mass is 300 g/mol. The molecule has 116 valence electrons. The minimum atomic E-state index is -0.144. The Labute approximate surface area is 129 Å². The van der Waals surface area contributed by atoms with Gasteiger partial charge < -0.3 is 15.4 Å². The molecule has 1 aliphatic carbocycles. The number of ether oxygens (including phenoxy) is 1. The lowest BCUT2D eigenvalue weighted by Crippen LogP contribution is -2.46. The zero-order valence-electron chi connectivity index (χ0n) is 12.6. The Kier molecular flexibility index (Phi) is 3.88. The summed E-state index contributed by atoms with van der Waals surface area (Å²) in [6.45, 7) is 0.538. The second-order valence-corrected chi connectivity index (χ2v) is 5.87. The van der Waals surface area contributed by atoms with Crippen molar-refractivity contribution in [3.8, 4) is 5.75 Å². The van der Waals surface area contributed by atoms with Gasteiger partial charge in [-0.1, -0.05) is 18.2 Å². The van der Waals surface area contributed by atoms with Crippen LogP contribution in [0.4, 0.5) is 0 Å². The summed E-state index contributed by atoms with van der Waals surface area (Å²) in [5.41, 5.74) is 1.39. The SMILES string of the molecule is COc1ccccc1C(=O)NCC12CCC=C1NC(=O)CC2. The molecule has 1 atom stereocenters. The molecule has 2 N–H and O–H groups in total. The highest BCUT2D eigenvalue weighted by molar-refractivity contribution is 5.97. The van der Waals surface area contributed by atoms with Gasteiger partial charge in [0.15, 0.2) is 0 Å². The van der Waals surface area contributed by atoms with Crippen LogP contribution in [-0.4, -0.2) is 25.5 Å². The van der Waals surface area contributed by atoms with Gasteiger partial charge in [-0.2, -0.15) is 0 Å². The van der Waals surface area contributed by atoms with E-state index in [0.717, 1.165) is 25.0 Å². The van der Waals surface area contributed by atoms with Crippen LogP contribution in [0, 0.1) is 5.41 Å². The fourth-order valence-corrected chi connectivity index (χ4v) is 3.30. The molecule has 0 saturated carbocycles. The first-order valence-electron chi connectivity index (χ1n) is 7.56. The second kappa shape index (κ2) is 5.83. The van der Waals surface area contributed by atoms with Gasteiger partial charge in [0.1, 0.15) is 5.75 Å². The van der Waals surface area contributed by atoms with Crippen molar-refractivity contribution in [3.05, 3.63) is 41.6 Å². The molecule has 22 heavy (non-hydrogen) atoms. The van der Waals surface area contributed by atoms with E-state index in [2.05, 4.69) is 16.7 Å². The number of allylic oxidation sites excluding steroid dienone is 1. The molecule has 3 rings (SSSR count). The van der Waals surface area contributed by atoms with Crippen molar-refractivity contribution in [1.82, 2.24) is 10.6 Å². The quantitative estimate of drug-likeness (QED) is 0.893. The number of carbonyl (C=O) groups excluding carboxylic acids is 2. The van der Waals surface area contributed by atoms with Crippen LogP contribution in [-0.2, 0) is 4.79 Å². The Morgan fingerprint density at radius 2 is 2.18 bits per heavy atom. The number of amides is 2. The fraction of sp³-hybridized carbons (Fsp3) is 0.412. The molecule has 0 aromatic heterocycles. The summed E-state index contributed by atoms with van der Waals surface area (Å²) in [6, 6.07) is 7.18. The van der Waals surface area contributed by atoms with Crippen LogP contribution < -0.4 is 15.4 Å². The van der Waals surface area contributed by atoms with Gasteiger partial charge in [0.25, 0.3) is 5.91 Å². The number of rotatable bonds is 4. The zero-order valence-corrected chi connectivity index (χ0v) is 12.6. The Morgan fingerprint density at radius 3 is 3.00 bits per heavy atom. The van der Waals surface area contributed by atoms with Crippen LogP contribution in [0.2, 0.25) is 0 Å². The highest BCUT2D eigenvalue weighted by Crippen LogP contribution is 2.43. The zero-order chi connectivity index (χ0) is 15.6. The summed E-state index contributed by atoms with van der Waals surface area (Å²) in [5, 5.41) is 5.96. The van der Waals surface area contributed by atoms with Crippen LogP contribution >= 0.6 is 0 Å². The number of piperidine rings is 1. The van der Waals surface area contributed by atoms with Crippen molar-refractivity contribution in [2.24, 2.45) is 5.41 Å². The lowest BCUT2D eigenvalue weighted by atomic mass is 9.77. The Morgan fingerprint density at radius 1 is 1.36 bits per heavy atom. The third kappa shape index (κ3) is 2.58. The molecule has 5 heteroatoms. The molecule has 1 aromatic carbocycles. The lowest BCUT2D eigenvalue weighted by molar-refractivity contribution is -0.122. The van der Waals surface area contributed by atoms with Gasteiger partial charge in [-0.3, -0.25) is 9.59 Å². The van der Waals surface area contributed by atoms with Crippen molar-refractivity contribution in [2.75, 3.05) is 13.7 Å². The van der Waals surface area contributed by atoms with E-state index in [1.54, 1.807) is 19.2 Å². The van der Waals surface area contributed by atoms with E-state index < -0.39 is 0 Å². The topological polar surface area (TPSA) is 67.4 Å². The van der Waals surface area contributed by atoms with Crippen LogP contribution in [0.25, 0.3) is 0 Å². The molecule has 1 saturated heterocycles. The van der Waals surface area contributed by atoms with Crippen molar-refractivity contribution in [3.63, 3.8) is 0 Å². The van der Waals surface area contributed by atoms with Gasteiger partial charge in [-0.05, 0) is 31.4 Å². The van der Waals surface area contributed by atoms with E-state index in [0.29, 0.717) is 24.3 Å². The van der Waals surface area contributed by atoms with Crippen molar-refractivity contribution in [2.45, 2.75) is 25.7 Å². The normalized spacial score (nSPS) is 23.3. The van der Waals surface area contributed by atoms with Gasteiger partial charge in [-0.25, -0.2) is 0 Å². The Balaban J connectivity index is 1.71.